The summed E-state index contributed by atoms with van der Waals surface area (Å²) < 4.78 is 5.56. The number of aliphatic hydroxyl groups excluding tert-OH is 4. The zero-order chi connectivity index (χ0) is 19.3. The molecule has 0 unspecified atom stereocenters. The molecular formula is C19H26O7. The van der Waals surface area contributed by atoms with E-state index in [1.165, 1.54) is 6.08 Å². The number of ketones is 1. The summed E-state index contributed by atoms with van der Waals surface area (Å²) in [5.41, 5.74) is -1.65. The Bertz CT molecular complexity index is 717. The first-order chi connectivity index (χ1) is 12.0. The lowest BCUT2D eigenvalue weighted by Crippen LogP contribution is -2.74. The van der Waals surface area contributed by atoms with Crippen LogP contribution in [-0.2, 0) is 14.3 Å². The monoisotopic (exact) mass is 366 g/mol. The van der Waals surface area contributed by atoms with Crippen LogP contribution in [0.5, 0.6) is 0 Å². The third-order valence-electron chi connectivity index (χ3n) is 7.92. The van der Waals surface area contributed by atoms with E-state index in [0.29, 0.717) is 5.57 Å². The van der Waals surface area contributed by atoms with E-state index in [-0.39, 0.29) is 0 Å². The summed E-state index contributed by atoms with van der Waals surface area (Å²) in [7, 11) is 0. The quantitative estimate of drug-likeness (QED) is 0.422. The number of hydrogen-bond acceptors (Lipinski definition) is 7. The Morgan fingerprint density at radius 1 is 0.962 bits per heavy atom. The Morgan fingerprint density at radius 3 is 2.19 bits per heavy atom. The molecule has 3 aliphatic carbocycles. The third-order valence-corrected chi connectivity index (χ3v) is 7.92. The summed E-state index contributed by atoms with van der Waals surface area (Å²) in [6.07, 6.45) is -4.55. The van der Waals surface area contributed by atoms with Crippen molar-refractivity contribution < 1.29 is 34.8 Å². The van der Waals surface area contributed by atoms with Crippen molar-refractivity contribution in [2.24, 2.45) is 34.5 Å². The van der Waals surface area contributed by atoms with Crippen LogP contribution < -0.4 is 0 Å². The molecule has 4 rings (SSSR count). The lowest BCUT2D eigenvalue weighted by molar-refractivity contribution is -0.266. The number of rotatable bonds is 0. The summed E-state index contributed by atoms with van der Waals surface area (Å²) in [4.78, 5) is 25.0. The van der Waals surface area contributed by atoms with Crippen LogP contribution in [0, 0.1) is 34.5 Å². The van der Waals surface area contributed by atoms with Crippen LogP contribution in [0.3, 0.4) is 0 Å². The van der Waals surface area contributed by atoms with Crippen molar-refractivity contribution in [2.75, 3.05) is 0 Å². The van der Waals surface area contributed by atoms with Gasteiger partial charge in [0.1, 0.15) is 12.2 Å². The predicted molar refractivity (Wildman–Crippen MR) is 88.5 cm³/mol. The summed E-state index contributed by atoms with van der Waals surface area (Å²) in [5, 5.41) is 43.6. The first kappa shape index (κ1) is 18.1. The average molecular weight is 366 g/mol. The molecule has 0 radical (unpaired) electrons. The van der Waals surface area contributed by atoms with Crippen molar-refractivity contribution >= 4 is 11.8 Å². The number of fused-ring (bicyclic) bond motifs is 2. The molecule has 0 aromatic rings. The summed E-state index contributed by atoms with van der Waals surface area (Å²) >= 11 is 0. The number of carbonyl (C=O) groups excluding carboxylic acids is 2. The molecule has 0 spiro atoms. The summed E-state index contributed by atoms with van der Waals surface area (Å²) in [5.74, 6) is -3.75. The zero-order valence-electron chi connectivity index (χ0n) is 15.3. The molecule has 144 valence electrons. The van der Waals surface area contributed by atoms with E-state index in [1.807, 2.05) is 0 Å². The molecule has 11 atom stereocenters. The Kier molecular flexibility index (Phi) is 3.59. The molecule has 0 aromatic carbocycles. The van der Waals surface area contributed by atoms with E-state index in [9.17, 15) is 30.0 Å². The van der Waals surface area contributed by atoms with Gasteiger partial charge in [-0.2, -0.15) is 0 Å². The van der Waals surface area contributed by atoms with Crippen molar-refractivity contribution in [1.82, 2.24) is 0 Å². The number of esters is 1. The van der Waals surface area contributed by atoms with Gasteiger partial charge in [-0.1, -0.05) is 26.3 Å². The van der Waals surface area contributed by atoms with E-state index < -0.39 is 76.8 Å². The molecule has 0 amide bonds. The molecule has 0 aromatic heterocycles. The van der Waals surface area contributed by atoms with Gasteiger partial charge in [-0.3, -0.25) is 9.59 Å². The standard InChI is InChI=1S/C19H26O7/c1-6-5-8(20)15(24)18(3)9(6)12(22)16-19(4)10(17(25)26-16)7(2)11(21)13(23)14(18)19/h5,7,9-16,21-24H,1-4H3/t7-,9-,10+,11-,12-,13-,14+,15-,16-,18+,19+/m1/s1. The van der Waals surface area contributed by atoms with Crippen LogP contribution in [-0.4, -0.2) is 62.7 Å². The molecule has 3 fully saturated rings. The zero-order valence-corrected chi connectivity index (χ0v) is 15.3. The van der Waals surface area contributed by atoms with Crippen molar-refractivity contribution in [1.29, 1.82) is 0 Å². The lowest BCUT2D eigenvalue weighted by atomic mass is 9.39. The van der Waals surface area contributed by atoms with Gasteiger partial charge in [-0.05, 0) is 18.9 Å². The maximum Gasteiger partial charge on any atom is 0.310 e. The fraction of sp³-hybridized carbons (Fsp3) is 0.789. The van der Waals surface area contributed by atoms with Gasteiger partial charge in [0.15, 0.2) is 5.78 Å². The maximum atomic E-state index is 12.6. The molecule has 0 bridgehead atoms. The lowest BCUT2D eigenvalue weighted by Gasteiger charge is -2.65. The molecule has 7 heteroatoms. The Labute approximate surface area is 151 Å². The van der Waals surface area contributed by atoms with E-state index in [4.69, 9.17) is 4.74 Å². The van der Waals surface area contributed by atoms with Crippen molar-refractivity contribution in [3.05, 3.63) is 11.6 Å². The van der Waals surface area contributed by atoms with Crippen LogP contribution in [0.1, 0.15) is 27.7 Å². The minimum atomic E-state index is -1.44. The van der Waals surface area contributed by atoms with Gasteiger partial charge >= 0.3 is 5.97 Å². The normalized spacial score (nSPS) is 58.6. The highest BCUT2D eigenvalue weighted by Gasteiger charge is 2.77. The fourth-order valence-electron chi connectivity index (χ4n) is 6.99. The largest absolute Gasteiger partial charge is 0.459 e. The first-order valence-electron chi connectivity index (χ1n) is 9.13. The molecule has 2 saturated carbocycles. The molecule has 1 aliphatic heterocycles. The topological polar surface area (TPSA) is 124 Å². The van der Waals surface area contributed by atoms with Gasteiger partial charge in [0.2, 0.25) is 0 Å². The van der Waals surface area contributed by atoms with Gasteiger partial charge in [0, 0.05) is 22.7 Å². The molecule has 1 heterocycles. The highest BCUT2D eigenvalue weighted by atomic mass is 16.6. The van der Waals surface area contributed by atoms with Crippen LogP contribution in [0.15, 0.2) is 11.6 Å². The first-order valence-corrected chi connectivity index (χ1v) is 9.13. The maximum absolute atomic E-state index is 12.6. The van der Waals surface area contributed by atoms with Crippen LogP contribution in [0.2, 0.25) is 0 Å². The second kappa shape index (κ2) is 5.16. The van der Waals surface area contributed by atoms with E-state index in [1.54, 1.807) is 27.7 Å². The van der Waals surface area contributed by atoms with Gasteiger partial charge in [-0.25, -0.2) is 0 Å². The van der Waals surface area contributed by atoms with Gasteiger partial charge in [0.05, 0.1) is 24.2 Å². The smallest absolute Gasteiger partial charge is 0.310 e. The molecule has 4 aliphatic rings. The van der Waals surface area contributed by atoms with Gasteiger partial charge < -0.3 is 25.2 Å². The van der Waals surface area contributed by atoms with Crippen LogP contribution in [0.4, 0.5) is 0 Å². The van der Waals surface area contributed by atoms with Crippen molar-refractivity contribution in [2.45, 2.75) is 58.2 Å². The van der Waals surface area contributed by atoms with Crippen LogP contribution in [0.25, 0.3) is 0 Å². The Balaban J connectivity index is 2.00. The van der Waals surface area contributed by atoms with E-state index in [2.05, 4.69) is 0 Å². The minimum absolute atomic E-state index is 0.488. The Morgan fingerprint density at radius 2 is 1.58 bits per heavy atom. The molecular weight excluding hydrogens is 340 g/mol. The third kappa shape index (κ3) is 1.73. The highest BCUT2D eigenvalue weighted by Crippen LogP contribution is 2.68. The van der Waals surface area contributed by atoms with E-state index in [0.717, 1.165) is 0 Å². The van der Waals surface area contributed by atoms with Crippen molar-refractivity contribution in [3.63, 3.8) is 0 Å². The molecule has 26 heavy (non-hydrogen) atoms. The molecule has 1 saturated heterocycles. The fourth-order valence-corrected chi connectivity index (χ4v) is 6.99. The van der Waals surface area contributed by atoms with Crippen molar-refractivity contribution in [3.8, 4) is 0 Å². The second-order valence-corrected chi connectivity index (χ2v) is 9.05. The van der Waals surface area contributed by atoms with E-state index >= 15 is 0 Å². The summed E-state index contributed by atoms with van der Waals surface area (Å²) in [6, 6.07) is 0. The van der Waals surface area contributed by atoms with Crippen LogP contribution >= 0.6 is 0 Å². The number of ether oxygens (including phenoxy) is 1. The second-order valence-electron chi connectivity index (χ2n) is 9.05. The number of aliphatic hydroxyl groups is 4. The average Bonchev–Trinajstić information content (AvgIpc) is 2.81. The van der Waals surface area contributed by atoms with Gasteiger partial charge in [0.25, 0.3) is 0 Å². The molecule has 4 N–H and O–H groups in total. The summed E-state index contributed by atoms with van der Waals surface area (Å²) in [6.45, 7) is 6.80. The highest BCUT2D eigenvalue weighted by molar-refractivity contribution is 5.96. The predicted octanol–water partition coefficient (Wildman–Crippen LogP) is -0.591. The SMILES string of the molecule is CC1=CC(=O)[C@@H](O)[C@]2(C)[C@@H]3[C@H](O)[C@H](O)[C@H](C)[C@H]4C(=O)O[C@H]([C@H](O)[C@@H]12)[C@]34C. The Hall–Kier alpha value is -1.28. The number of carbonyl (C=O) groups is 2. The van der Waals surface area contributed by atoms with Gasteiger partial charge in [-0.15, -0.1) is 0 Å². The minimum Gasteiger partial charge on any atom is -0.459 e. The number of hydrogen-bond donors (Lipinski definition) is 4. The molecule has 7 nitrogen and oxygen atoms in total.